The van der Waals surface area contributed by atoms with Gasteiger partial charge < -0.3 is 15.3 Å². The van der Waals surface area contributed by atoms with Gasteiger partial charge in [0.1, 0.15) is 6.33 Å². The number of aliphatic hydroxyl groups excluding tert-OH is 1. The van der Waals surface area contributed by atoms with Gasteiger partial charge in [-0.05, 0) is 19.8 Å². The van der Waals surface area contributed by atoms with E-state index in [0.717, 1.165) is 25.7 Å². The Labute approximate surface area is 123 Å². The van der Waals surface area contributed by atoms with Gasteiger partial charge in [0.2, 0.25) is 11.6 Å². The van der Waals surface area contributed by atoms with Gasteiger partial charge in [-0.1, -0.05) is 12.8 Å². The Kier molecular flexibility index (Phi) is 5.26. The van der Waals surface area contributed by atoms with E-state index in [2.05, 4.69) is 15.3 Å². The third-order valence-corrected chi connectivity index (χ3v) is 3.69. The zero-order valence-corrected chi connectivity index (χ0v) is 12.2. The van der Waals surface area contributed by atoms with Crippen LogP contribution in [0, 0.1) is 10.1 Å². The van der Waals surface area contributed by atoms with Gasteiger partial charge in [-0.15, -0.1) is 0 Å². The van der Waals surface area contributed by atoms with Crippen molar-refractivity contribution in [2.75, 3.05) is 29.9 Å². The van der Waals surface area contributed by atoms with Crippen molar-refractivity contribution < 1.29 is 10.0 Å². The van der Waals surface area contributed by atoms with Gasteiger partial charge in [0.05, 0.1) is 17.6 Å². The van der Waals surface area contributed by atoms with Crippen LogP contribution in [0.3, 0.4) is 0 Å². The molecule has 8 heteroatoms. The molecule has 1 saturated heterocycles. The van der Waals surface area contributed by atoms with Crippen LogP contribution in [-0.2, 0) is 0 Å². The molecule has 0 bridgehead atoms. The first-order chi connectivity index (χ1) is 10.2. The molecular formula is C13H21N5O3. The summed E-state index contributed by atoms with van der Waals surface area (Å²) in [6, 6.07) is -0.129. The van der Waals surface area contributed by atoms with E-state index in [0.29, 0.717) is 18.9 Å². The largest absolute Gasteiger partial charge is 0.394 e. The lowest BCUT2D eigenvalue weighted by atomic mass is 10.1. The first-order valence-electron chi connectivity index (χ1n) is 7.29. The molecule has 21 heavy (non-hydrogen) atoms. The number of aromatic nitrogens is 2. The minimum atomic E-state index is -0.452. The Morgan fingerprint density at radius 2 is 2.29 bits per heavy atom. The average molecular weight is 295 g/mol. The van der Waals surface area contributed by atoms with E-state index in [1.807, 2.05) is 11.8 Å². The molecule has 8 nitrogen and oxygen atoms in total. The maximum absolute atomic E-state index is 11.4. The van der Waals surface area contributed by atoms with E-state index in [4.69, 9.17) is 0 Å². The average Bonchev–Trinajstić information content (AvgIpc) is 2.72. The zero-order chi connectivity index (χ0) is 15.2. The number of anilines is 2. The van der Waals surface area contributed by atoms with Crippen LogP contribution in [0.4, 0.5) is 17.3 Å². The molecule has 0 radical (unpaired) electrons. The predicted octanol–water partition coefficient (Wildman–Crippen LogP) is 1.56. The molecule has 1 aromatic heterocycles. The standard InChI is InChI=1S/C13H21N5O3/c1-2-14-12-11(18(20)21)13(16-9-15-12)17-7-5-3-4-6-10(17)8-19/h9-10,19H,2-8H2,1H3,(H,14,15,16). The summed E-state index contributed by atoms with van der Waals surface area (Å²) in [5.41, 5.74) is -0.111. The number of nitrogens with one attached hydrogen (secondary N) is 1. The topological polar surface area (TPSA) is 104 Å². The third kappa shape index (κ3) is 3.38. The molecule has 0 aliphatic carbocycles. The van der Waals surface area contributed by atoms with E-state index in [-0.39, 0.29) is 24.2 Å². The van der Waals surface area contributed by atoms with Crippen molar-refractivity contribution in [1.82, 2.24) is 9.97 Å². The Morgan fingerprint density at radius 1 is 1.48 bits per heavy atom. The molecule has 0 aromatic carbocycles. The molecule has 0 spiro atoms. The summed E-state index contributed by atoms with van der Waals surface area (Å²) in [5, 5.41) is 23.9. The van der Waals surface area contributed by atoms with Crippen molar-refractivity contribution in [3.05, 3.63) is 16.4 Å². The second-order valence-corrected chi connectivity index (χ2v) is 5.06. The zero-order valence-electron chi connectivity index (χ0n) is 12.2. The van der Waals surface area contributed by atoms with Gasteiger partial charge in [0.25, 0.3) is 0 Å². The van der Waals surface area contributed by atoms with E-state index in [1.165, 1.54) is 6.33 Å². The maximum atomic E-state index is 11.4. The van der Waals surface area contributed by atoms with Gasteiger partial charge in [-0.25, -0.2) is 9.97 Å². The third-order valence-electron chi connectivity index (χ3n) is 3.69. The molecular weight excluding hydrogens is 274 g/mol. The highest BCUT2D eigenvalue weighted by molar-refractivity contribution is 5.70. The highest BCUT2D eigenvalue weighted by Crippen LogP contribution is 2.34. The molecule has 2 heterocycles. The van der Waals surface area contributed by atoms with Crippen LogP contribution in [0.2, 0.25) is 0 Å². The van der Waals surface area contributed by atoms with Gasteiger partial charge in [-0.3, -0.25) is 10.1 Å². The Balaban J connectivity index is 2.45. The van der Waals surface area contributed by atoms with E-state index < -0.39 is 4.92 Å². The molecule has 2 N–H and O–H groups in total. The summed E-state index contributed by atoms with van der Waals surface area (Å²) in [4.78, 5) is 20.9. The van der Waals surface area contributed by atoms with Crippen LogP contribution in [0.15, 0.2) is 6.33 Å². The lowest BCUT2D eigenvalue weighted by Gasteiger charge is -2.29. The predicted molar refractivity (Wildman–Crippen MR) is 79.5 cm³/mol. The van der Waals surface area contributed by atoms with Gasteiger partial charge in [-0.2, -0.15) is 0 Å². The summed E-state index contributed by atoms with van der Waals surface area (Å²) in [5.74, 6) is 0.528. The molecule has 1 unspecified atom stereocenters. The number of hydrogen-bond acceptors (Lipinski definition) is 7. The molecule has 0 amide bonds. The van der Waals surface area contributed by atoms with Crippen molar-refractivity contribution in [3.8, 4) is 0 Å². The Morgan fingerprint density at radius 3 is 2.95 bits per heavy atom. The van der Waals surface area contributed by atoms with Crippen molar-refractivity contribution in [2.24, 2.45) is 0 Å². The van der Waals surface area contributed by atoms with Crippen LogP contribution >= 0.6 is 0 Å². The lowest BCUT2D eigenvalue weighted by Crippen LogP contribution is -2.38. The van der Waals surface area contributed by atoms with Crippen LogP contribution in [0.25, 0.3) is 0 Å². The molecule has 2 rings (SSSR count). The van der Waals surface area contributed by atoms with Crippen LogP contribution < -0.4 is 10.2 Å². The molecule has 0 saturated carbocycles. The summed E-state index contributed by atoms with van der Waals surface area (Å²) in [6.07, 6.45) is 5.16. The fourth-order valence-corrected chi connectivity index (χ4v) is 2.69. The fourth-order valence-electron chi connectivity index (χ4n) is 2.69. The first-order valence-corrected chi connectivity index (χ1v) is 7.29. The minimum Gasteiger partial charge on any atom is -0.394 e. The molecule has 1 atom stereocenters. The summed E-state index contributed by atoms with van der Waals surface area (Å²) < 4.78 is 0. The van der Waals surface area contributed by atoms with Crippen molar-refractivity contribution >= 4 is 17.3 Å². The van der Waals surface area contributed by atoms with Crippen LogP contribution in [0.1, 0.15) is 32.6 Å². The van der Waals surface area contributed by atoms with Crippen molar-refractivity contribution in [2.45, 2.75) is 38.6 Å². The molecule has 1 aromatic rings. The van der Waals surface area contributed by atoms with Crippen molar-refractivity contribution in [1.29, 1.82) is 0 Å². The molecule has 1 aliphatic rings. The number of aliphatic hydroxyl groups is 1. The van der Waals surface area contributed by atoms with E-state index in [9.17, 15) is 15.2 Å². The second-order valence-electron chi connectivity index (χ2n) is 5.06. The van der Waals surface area contributed by atoms with E-state index in [1.54, 1.807) is 0 Å². The minimum absolute atomic E-state index is 0.0301. The molecule has 1 fully saturated rings. The SMILES string of the molecule is CCNc1ncnc(N2CCCCCC2CO)c1[N+](=O)[O-]. The normalized spacial score (nSPS) is 19.1. The van der Waals surface area contributed by atoms with Crippen LogP contribution in [-0.4, -0.2) is 45.7 Å². The smallest absolute Gasteiger partial charge is 0.353 e. The number of nitro groups is 1. The van der Waals surface area contributed by atoms with Crippen LogP contribution in [0.5, 0.6) is 0 Å². The van der Waals surface area contributed by atoms with Gasteiger partial charge >= 0.3 is 5.69 Å². The number of nitrogens with zero attached hydrogens (tertiary/aromatic N) is 4. The summed E-state index contributed by atoms with van der Waals surface area (Å²) in [6.45, 7) is 3.03. The van der Waals surface area contributed by atoms with Gasteiger partial charge in [0.15, 0.2) is 0 Å². The van der Waals surface area contributed by atoms with E-state index >= 15 is 0 Å². The molecule has 116 valence electrons. The Hall–Kier alpha value is -1.96. The molecule has 1 aliphatic heterocycles. The number of hydrogen-bond donors (Lipinski definition) is 2. The monoisotopic (exact) mass is 295 g/mol. The summed E-state index contributed by atoms with van der Waals surface area (Å²) >= 11 is 0. The second kappa shape index (κ2) is 7.16. The lowest BCUT2D eigenvalue weighted by molar-refractivity contribution is -0.383. The van der Waals surface area contributed by atoms with Gasteiger partial charge in [0, 0.05) is 13.1 Å². The Bertz CT molecular complexity index is 497. The maximum Gasteiger partial charge on any atom is 0.353 e. The quantitative estimate of drug-likeness (QED) is 0.627. The first kappa shape index (κ1) is 15.4. The fraction of sp³-hybridized carbons (Fsp3) is 0.692. The van der Waals surface area contributed by atoms with Crippen molar-refractivity contribution in [3.63, 3.8) is 0 Å². The highest BCUT2D eigenvalue weighted by atomic mass is 16.6. The highest BCUT2D eigenvalue weighted by Gasteiger charge is 2.31. The number of rotatable bonds is 5. The summed E-state index contributed by atoms with van der Waals surface area (Å²) in [7, 11) is 0.